The molecule has 2 aromatic rings. The number of aryl methyl sites for hydroxylation is 1. The van der Waals surface area contributed by atoms with Crippen LogP contribution >= 0.6 is 0 Å². The number of allylic oxidation sites excluding steroid dienone is 1. The molecule has 7 heteroatoms. The van der Waals surface area contributed by atoms with E-state index in [2.05, 4.69) is 41.5 Å². The molecule has 2 N–H and O–H groups in total. The zero-order chi connectivity index (χ0) is 28.7. The van der Waals surface area contributed by atoms with Crippen LogP contribution < -0.4 is 10.6 Å². The summed E-state index contributed by atoms with van der Waals surface area (Å²) in [5.41, 5.74) is 4.02. The molecule has 1 saturated heterocycles. The summed E-state index contributed by atoms with van der Waals surface area (Å²) in [7, 11) is 0. The smallest absolute Gasteiger partial charge is 0.407 e. The van der Waals surface area contributed by atoms with Gasteiger partial charge in [0.15, 0.2) is 0 Å². The molecule has 1 aliphatic heterocycles. The Labute approximate surface area is 238 Å². The number of ether oxygens (including phenoxy) is 1. The second kappa shape index (κ2) is 13.2. The van der Waals surface area contributed by atoms with Crippen molar-refractivity contribution in [3.05, 3.63) is 83.4 Å². The molecule has 214 valence electrons. The summed E-state index contributed by atoms with van der Waals surface area (Å²) in [4.78, 5) is 40.1. The van der Waals surface area contributed by atoms with Crippen molar-refractivity contribution in [1.82, 2.24) is 15.5 Å². The Hall–Kier alpha value is -3.61. The minimum atomic E-state index is -0.534. The van der Waals surface area contributed by atoms with E-state index in [0.717, 1.165) is 43.2 Å². The first-order valence-corrected chi connectivity index (χ1v) is 14.4. The van der Waals surface area contributed by atoms with Crippen LogP contribution in [0.2, 0.25) is 0 Å². The van der Waals surface area contributed by atoms with E-state index in [0.29, 0.717) is 19.5 Å². The molecule has 1 fully saturated rings. The Morgan fingerprint density at radius 1 is 1.07 bits per heavy atom. The van der Waals surface area contributed by atoms with E-state index in [-0.39, 0.29) is 36.2 Å². The molecule has 7 nitrogen and oxygen atoms in total. The Morgan fingerprint density at radius 2 is 1.82 bits per heavy atom. The molecule has 1 heterocycles. The van der Waals surface area contributed by atoms with Gasteiger partial charge in [0, 0.05) is 31.1 Å². The number of carbonyl (C=O) groups excluding carboxylic acids is 3. The van der Waals surface area contributed by atoms with Crippen LogP contribution in [0.15, 0.2) is 61.2 Å². The van der Waals surface area contributed by atoms with E-state index in [1.807, 2.05) is 56.0 Å². The third kappa shape index (κ3) is 8.20. The highest BCUT2D eigenvalue weighted by Crippen LogP contribution is 2.28. The lowest BCUT2D eigenvalue weighted by atomic mass is 10.0. The highest BCUT2D eigenvalue weighted by atomic mass is 16.6. The molecule has 0 saturated carbocycles. The van der Waals surface area contributed by atoms with Crippen molar-refractivity contribution < 1.29 is 19.1 Å². The molecule has 3 amide bonds. The first-order chi connectivity index (χ1) is 19.1. The molecule has 2 aromatic carbocycles. The van der Waals surface area contributed by atoms with E-state index >= 15 is 0 Å². The number of carbonyl (C=O) groups is 3. The summed E-state index contributed by atoms with van der Waals surface area (Å²) in [6, 6.07) is 16.4. The second-order valence-electron chi connectivity index (χ2n) is 12.1. The fraction of sp³-hybridized carbons (Fsp3) is 0.485. The summed E-state index contributed by atoms with van der Waals surface area (Å²) in [5, 5.41) is 6.05. The Morgan fingerprint density at radius 3 is 2.55 bits per heavy atom. The quantitative estimate of drug-likeness (QED) is 0.399. The number of fused-ring (bicyclic) bond motifs is 1. The zero-order valence-corrected chi connectivity index (χ0v) is 24.1. The largest absolute Gasteiger partial charge is 0.444 e. The van der Waals surface area contributed by atoms with Gasteiger partial charge in [-0.05, 0) is 81.5 Å². The lowest BCUT2D eigenvalue weighted by Crippen LogP contribution is -2.42. The molecule has 0 radical (unpaired) electrons. The fourth-order valence-electron chi connectivity index (χ4n) is 5.79. The average molecular weight is 546 g/mol. The van der Waals surface area contributed by atoms with E-state index < -0.39 is 11.7 Å². The number of nitrogens with one attached hydrogen (secondary N) is 2. The van der Waals surface area contributed by atoms with Crippen LogP contribution in [-0.2, 0) is 40.0 Å². The normalized spacial score (nSPS) is 20.2. The van der Waals surface area contributed by atoms with Crippen LogP contribution in [-0.4, -0.2) is 53.6 Å². The summed E-state index contributed by atoms with van der Waals surface area (Å²) in [6.07, 6.45) is 6.37. The number of hydrogen-bond acceptors (Lipinski definition) is 4. The number of benzene rings is 2. The molecule has 4 rings (SSSR count). The predicted molar refractivity (Wildman–Crippen MR) is 157 cm³/mol. The standard InChI is InChI=1S/C33H43N3O4/c1-5-10-26-21-29(36(31(26)38)16-9-13-23-11-7-6-8-12-23)22-34-30(37)18-24-14-15-25-19-28(20-27(25)17-24)35-32(39)40-33(2,3)4/h5-8,11-12,14-15,17,26,28-29H,1,9-10,13,16,18-22H2,2-4H3,(H,34,37)(H,35,39)/t26-,28?,29+/m1/s1. The Bertz CT molecular complexity index is 1200. The van der Waals surface area contributed by atoms with Crippen molar-refractivity contribution in [2.24, 2.45) is 5.92 Å². The number of alkyl carbamates (subject to hydrolysis) is 1. The van der Waals surface area contributed by atoms with Crippen LogP contribution in [0.4, 0.5) is 4.79 Å². The van der Waals surface area contributed by atoms with Crippen LogP contribution in [0, 0.1) is 5.92 Å². The maximum absolute atomic E-state index is 13.1. The van der Waals surface area contributed by atoms with Gasteiger partial charge in [0.2, 0.25) is 11.8 Å². The van der Waals surface area contributed by atoms with Crippen molar-refractivity contribution >= 4 is 17.9 Å². The summed E-state index contributed by atoms with van der Waals surface area (Å²) in [6.45, 7) is 10.5. The van der Waals surface area contributed by atoms with Gasteiger partial charge in [-0.3, -0.25) is 9.59 Å². The minimum Gasteiger partial charge on any atom is -0.444 e. The van der Waals surface area contributed by atoms with Crippen molar-refractivity contribution in [3.63, 3.8) is 0 Å². The Balaban J connectivity index is 1.27. The monoisotopic (exact) mass is 545 g/mol. The third-order valence-corrected chi connectivity index (χ3v) is 7.61. The zero-order valence-electron chi connectivity index (χ0n) is 24.1. The topological polar surface area (TPSA) is 87.7 Å². The summed E-state index contributed by atoms with van der Waals surface area (Å²) in [5.74, 6) is 0.0562. The van der Waals surface area contributed by atoms with Crippen LogP contribution in [0.25, 0.3) is 0 Å². The first-order valence-electron chi connectivity index (χ1n) is 14.4. The molecule has 40 heavy (non-hydrogen) atoms. The molecular weight excluding hydrogens is 502 g/mol. The summed E-state index contributed by atoms with van der Waals surface area (Å²) >= 11 is 0. The van der Waals surface area contributed by atoms with Gasteiger partial charge in [-0.25, -0.2) is 4.79 Å². The van der Waals surface area contributed by atoms with Crippen LogP contribution in [0.1, 0.15) is 62.3 Å². The number of likely N-dealkylation sites (tertiary alicyclic amines) is 1. The van der Waals surface area contributed by atoms with Crippen molar-refractivity contribution in [3.8, 4) is 0 Å². The van der Waals surface area contributed by atoms with Gasteiger partial charge in [0.25, 0.3) is 0 Å². The van der Waals surface area contributed by atoms with Crippen molar-refractivity contribution in [2.45, 2.75) is 83.4 Å². The predicted octanol–water partition coefficient (Wildman–Crippen LogP) is 4.76. The number of nitrogens with zero attached hydrogens (tertiary/aromatic N) is 1. The third-order valence-electron chi connectivity index (χ3n) is 7.61. The molecular formula is C33H43N3O4. The highest BCUT2D eigenvalue weighted by molar-refractivity contribution is 5.82. The van der Waals surface area contributed by atoms with Gasteiger partial charge in [-0.2, -0.15) is 0 Å². The van der Waals surface area contributed by atoms with Gasteiger partial charge in [-0.15, -0.1) is 6.58 Å². The van der Waals surface area contributed by atoms with E-state index in [1.54, 1.807) is 0 Å². The first kappa shape index (κ1) is 29.4. The maximum Gasteiger partial charge on any atom is 0.407 e. The molecule has 0 spiro atoms. The van der Waals surface area contributed by atoms with Crippen molar-refractivity contribution in [1.29, 1.82) is 0 Å². The van der Waals surface area contributed by atoms with Gasteiger partial charge < -0.3 is 20.3 Å². The molecule has 2 aliphatic rings. The highest BCUT2D eigenvalue weighted by Gasteiger charge is 2.38. The van der Waals surface area contributed by atoms with Gasteiger partial charge in [-0.1, -0.05) is 54.6 Å². The lowest BCUT2D eigenvalue weighted by molar-refractivity contribution is -0.132. The van der Waals surface area contributed by atoms with E-state index in [4.69, 9.17) is 4.74 Å². The molecule has 0 bridgehead atoms. The summed E-state index contributed by atoms with van der Waals surface area (Å²) < 4.78 is 5.39. The molecule has 0 aromatic heterocycles. The number of rotatable bonds is 11. The Kier molecular flexibility index (Phi) is 9.67. The van der Waals surface area contributed by atoms with Gasteiger partial charge >= 0.3 is 6.09 Å². The number of amides is 3. The second-order valence-corrected chi connectivity index (χ2v) is 12.1. The SMILES string of the molecule is C=CC[C@@H]1C[C@@H](CNC(=O)Cc2ccc3c(c2)CC(NC(=O)OC(C)(C)C)C3)N(CCCc2ccccc2)C1=O. The van der Waals surface area contributed by atoms with E-state index in [9.17, 15) is 14.4 Å². The van der Waals surface area contributed by atoms with Gasteiger partial charge in [0.05, 0.1) is 6.42 Å². The fourth-order valence-corrected chi connectivity index (χ4v) is 5.79. The molecule has 1 unspecified atom stereocenters. The number of hydrogen-bond donors (Lipinski definition) is 2. The minimum absolute atomic E-state index is 0.00289. The van der Waals surface area contributed by atoms with Gasteiger partial charge in [0.1, 0.15) is 5.60 Å². The molecule has 3 atom stereocenters. The van der Waals surface area contributed by atoms with E-state index in [1.165, 1.54) is 11.1 Å². The molecule has 1 aliphatic carbocycles. The maximum atomic E-state index is 13.1. The lowest BCUT2D eigenvalue weighted by Gasteiger charge is -2.25. The van der Waals surface area contributed by atoms with Crippen LogP contribution in [0.5, 0.6) is 0 Å². The van der Waals surface area contributed by atoms with Crippen LogP contribution in [0.3, 0.4) is 0 Å². The average Bonchev–Trinajstić information content (AvgIpc) is 3.42. The van der Waals surface area contributed by atoms with Crippen molar-refractivity contribution in [2.75, 3.05) is 13.1 Å².